The highest BCUT2D eigenvalue weighted by Crippen LogP contribution is 2.14. The molecule has 0 aromatic carbocycles. The van der Waals surface area contributed by atoms with Gasteiger partial charge in [0.15, 0.2) is 0 Å². The third-order valence-electron chi connectivity index (χ3n) is 0.914. The smallest absolute Gasteiger partial charge is 0.0465 e. The number of allylic oxidation sites excluding steroid dienone is 1. The predicted molar refractivity (Wildman–Crippen MR) is 40.3 cm³/mol. The van der Waals surface area contributed by atoms with Crippen LogP contribution in [0.25, 0.3) is 0 Å². The monoisotopic (exact) mass is 128 g/mol. The van der Waals surface area contributed by atoms with Crippen LogP contribution in [0, 0.1) is 5.41 Å². The summed E-state index contributed by atoms with van der Waals surface area (Å²) in [6.45, 7) is 6.68. The van der Waals surface area contributed by atoms with Gasteiger partial charge in [-0.15, -0.1) is 0 Å². The molecule has 0 unspecified atom stereocenters. The van der Waals surface area contributed by atoms with Gasteiger partial charge >= 0.3 is 0 Å². The Labute approximate surface area is 57.4 Å². The summed E-state index contributed by atoms with van der Waals surface area (Å²) in [6, 6.07) is 0. The molecule has 0 radical (unpaired) electrons. The van der Waals surface area contributed by atoms with E-state index in [0.29, 0.717) is 0 Å². The zero-order chi connectivity index (χ0) is 7.33. The van der Waals surface area contributed by atoms with Crippen LogP contribution in [0.1, 0.15) is 27.2 Å². The molecule has 1 heteroatoms. The molecule has 0 aromatic heterocycles. The number of hydrogen-bond acceptors (Lipinski definition) is 1. The number of aliphatic hydroxyl groups is 1. The van der Waals surface area contributed by atoms with E-state index in [4.69, 9.17) is 5.11 Å². The molecule has 1 nitrogen and oxygen atoms in total. The Hall–Kier alpha value is -0.300. The topological polar surface area (TPSA) is 20.2 Å². The second kappa shape index (κ2) is 3.67. The average molecular weight is 128 g/mol. The van der Waals surface area contributed by atoms with Crippen molar-refractivity contribution >= 4 is 0 Å². The summed E-state index contributed by atoms with van der Waals surface area (Å²) < 4.78 is 0. The second-order valence-corrected chi connectivity index (χ2v) is 3.28. The highest BCUT2D eigenvalue weighted by Gasteiger charge is 2.01. The Morgan fingerprint density at radius 2 is 1.89 bits per heavy atom. The summed E-state index contributed by atoms with van der Waals surface area (Å²) in [7, 11) is 0. The first-order valence-corrected chi connectivity index (χ1v) is 3.35. The molecular formula is C8H16O. The Morgan fingerprint density at radius 3 is 2.22 bits per heavy atom. The van der Waals surface area contributed by atoms with E-state index in [0.717, 1.165) is 6.42 Å². The van der Waals surface area contributed by atoms with Crippen LogP contribution in [-0.2, 0) is 0 Å². The third kappa shape index (κ3) is 7.70. The second-order valence-electron chi connectivity index (χ2n) is 3.28. The third-order valence-corrected chi connectivity index (χ3v) is 0.914. The molecule has 0 spiro atoms. The molecule has 9 heavy (non-hydrogen) atoms. The number of hydrogen-bond donors (Lipinski definition) is 1. The van der Waals surface area contributed by atoms with E-state index in [-0.39, 0.29) is 12.0 Å². The van der Waals surface area contributed by atoms with Crippen LogP contribution in [0.5, 0.6) is 0 Å². The molecule has 0 heterocycles. The molecule has 0 saturated heterocycles. The lowest BCUT2D eigenvalue weighted by Gasteiger charge is -2.10. The van der Waals surface area contributed by atoms with E-state index in [1.807, 2.05) is 6.08 Å². The molecule has 1 N–H and O–H groups in total. The number of aliphatic hydroxyl groups excluding tert-OH is 1. The minimum Gasteiger partial charge on any atom is -0.396 e. The van der Waals surface area contributed by atoms with Gasteiger partial charge in [0.1, 0.15) is 0 Å². The average Bonchev–Trinajstić information content (AvgIpc) is 1.63. The number of rotatable bonds is 2. The molecule has 0 saturated carbocycles. The van der Waals surface area contributed by atoms with Gasteiger partial charge in [-0.25, -0.2) is 0 Å². The fraction of sp³-hybridized carbons (Fsp3) is 0.750. The Kier molecular flexibility index (Phi) is 3.55. The van der Waals surface area contributed by atoms with E-state index in [1.54, 1.807) is 0 Å². The van der Waals surface area contributed by atoms with Gasteiger partial charge in [0, 0.05) is 6.61 Å². The van der Waals surface area contributed by atoms with Gasteiger partial charge in [0.25, 0.3) is 0 Å². The van der Waals surface area contributed by atoms with Gasteiger partial charge in [-0.3, -0.25) is 0 Å². The first-order chi connectivity index (χ1) is 4.06. The Morgan fingerprint density at radius 1 is 1.33 bits per heavy atom. The van der Waals surface area contributed by atoms with E-state index in [9.17, 15) is 0 Å². The van der Waals surface area contributed by atoms with Crippen LogP contribution in [0.15, 0.2) is 12.2 Å². The highest BCUT2D eigenvalue weighted by molar-refractivity contribution is 4.91. The normalized spacial score (nSPS) is 12.9. The van der Waals surface area contributed by atoms with Crippen LogP contribution in [0.2, 0.25) is 0 Å². The van der Waals surface area contributed by atoms with Crippen molar-refractivity contribution in [1.29, 1.82) is 0 Å². The molecule has 0 bridgehead atoms. The highest BCUT2D eigenvalue weighted by atomic mass is 16.2. The van der Waals surface area contributed by atoms with Gasteiger partial charge in [-0.1, -0.05) is 32.9 Å². The van der Waals surface area contributed by atoms with Gasteiger partial charge < -0.3 is 5.11 Å². The standard InChI is InChI=1S/C8H16O/c1-8(2,3)6-4-5-7-9/h4,6,9H,5,7H2,1-3H3/b6-4+. The summed E-state index contributed by atoms with van der Waals surface area (Å²) in [4.78, 5) is 0. The van der Waals surface area contributed by atoms with Crippen LogP contribution in [0.4, 0.5) is 0 Å². The quantitative estimate of drug-likeness (QED) is 0.564. The largest absolute Gasteiger partial charge is 0.396 e. The zero-order valence-corrected chi connectivity index (χ0v) is 6.52. The lowest BCUT2D eigenvalue weighted by atomic mass is 9.96. The van der Waals surface area contributed by atoms with Crippen molar-refractivity contribution in [2.24, 2.45) is 5.41 Å². The summed E-state index contributed by atoms with van der Waals surface area (Å²) in [6.07, 6.45) is 4.90. The molecule has 0 atom stereocenters. The SMILES string of the molecule is CC(C)(C)/C=C/CCO. The molecule has 0 aliphatic heterocycles. The molecule has 0 fully saturated rings. The molecule has 0 aliphatic carbocycles. The van der Waals surface area contributed by atoms with Crippen LogP contribution < -0.4 is 0 Å². The maximum atomic E-state index is 8.41. The lowest BCUT2D eigenvalue weighted by molar-refractivity contribution is 0.302. The fourth-order valence-corrected chi connectivity index (χ4v) is 0.511. The van der Waals surface area contributed by atoms with Crippen molar-refractivity contribution in [3.8, 4) is 0 Å². The zero-order valence-electron chi connectivity index (χ0n) is 6.52. The first kappa shape index (κ1) is 8.70. The molecule has 0 rings (SSSR count). The van der Waals surface area contributed by atoms with E-state index in [1.165, 1.54) is 0 Å². The Bertz CT molecular complexity index is 87.2. The van der Waals surface area contributed by atoms with Crippen LogP contribution >= 0.6 is 0 Å². The van der Waals surface area contributed by atoms with Gasteiger partial charge in [-0.2, -0.15) is 0 Å². The minimum atomic E-state index is 0.257. The molecule has 0 aliphatic rings. The van der Waals surface area contributed by atoms with Gasteiger partial charge in [0.05, 0.1) is 0 Å². The van der Waals surface area contributed by atoms with Crippen LogP contribution in [-0.4, -0.2) is 11.7 Å². The van der Waals surface area contributed by atoms with Crippen molar-refractivity contribution in [1.82, 2.24) is 0 Å². The first-order valence-electron chi connectivity index (χ1n) is 3.35. The molecule has 0 aromatic rings. The predicted octanol–water partition coefficient (Wildman–Crippen LogP) is 1.97. The van der Waals surface area contributed by atoms with E-state index < -0.39 is 0 Å². The summed E-state index contributed by atoms with van der Waals surface area (Å²) >= 11 is 0. The maximum absolute atomic E-state index is 8.41. The van der Waals surface area contributed by atoms with Gasteiger partial charge in [-0.05, 0) is 11.8 Å². The van der Waals surface area contributed by atoms with Crippen molar-refractivity contribution in [2.45, 2.75) is 27.2 Å². The van der Waals surface area contributed by atoms with E-state index in [2.05, 4.69) is 26.8 Å². The minimum absolute atomic E-state index is 0.257. The van der Waals surface area contributed by atoms with Crippen molar-refractivity contribution in [3.05, 3.63) is 12.2 Å². The van der Waals surface area contributed by atoms with Crippen molar-refractivity contribution in [3.63, 3.8) is 0 Å². The summed E-state index contributed by atoms with van der Waals surface area (Å²) in [5.74, 6) is 0. The molecule has 0 amide bonds. The summed E-state index contributed by atoms with van der Waals surface area (Å²) in [5, 5.41) is 8.41. The Balaban J connectivity index is 3.45. The molecular weight excluding hydrogens is 112 g/mol. The fourth-order valence-electron chi connectivity index (χ4n) is 0.511. The van der Waals surface area contributed by atoms with E-state index >= 15 is 0 Å². The van der Waals surface area contributed by atoms with Crippen molar-refractivity contribution < 1.29 is 5.11 Å². The maximum Gasteiger partial charge on any atom is 0.0465 e. The molecule has 54 valence electrons. The van der Waals surface area contributed by atoms with Gasteiger partial charge in [0.2, 0.25) is 0 Å². The van der Waals surface area contributed by atoms with Crippen LogP contribution in [0.3, 0.4) is 0 Å². The summed E-state index contributed by atoms with van der Waals surface area (Å²) in [5.41, 5.74) is 0.259. The van der Waals surface area contributed by atoms with Crippen molar-refractivity contribution in [2.75, 3.05) is 6.61 Å². The lowest BCUT2D eigenvalue weighted by Crippen LogP contribution is -1.98.